The number of imidazole rings is 1. The molecule has 2 aromatic rings. The van der Waals surface area contributed by atoms with Crippen LogP contribution in [-0.2, 0) is 11.3 Å². The van der Waals surface area contributed by atoms with E-state index in [1.54, 1.807) is 11.3 Å². The maximum atomic E-state index is 8.54. The molecule has 100 valence electrons. The van der Waals surface area contributed by atoms with E-state index in [9.17, 15) is 0 Å². The maximum Gasteiger partial charge on any atom is 0.195 e. The van der Waals surface area contributed by atoms with Crippen molar-refractivity contribution in [1.29, 1.82) is 0 Å². The molecule has 5 nitrogen and oxygen atoms in total. The monoisotopic (exact) mass is 289 g/mol. The van der Waals surface area contributed by atoms with Crippen molar-refractivity contribution < 1.29 is 9.84 Å². The van der Waals surface area contributed by atoms with Crippen molar-refractivity contribution in [2.75, 3.05) is 26.4 Å². The molecule has 0 aliphatic heterocycles. The van der Waals surface area contributed by atoms with Gasteiger partial charge in [-0.2, -0.15) is 0 Å². The zero-order valence-electron chi connectivity index (χ0n) is 9.93. The van der Waals surface area contributed by atoms with Gasteiger partial charge >= 0.3 is 0 Å². The van der Waals surface area contributed by atoms with Crippen LogP contribution in [0.15, 0.2) is 11.6 Å². The number of rotatable bonds is 8. The van der Waals surface area contributed by atoms with Gasteiger partial charge in [-0.25, -0.2) is 4.98 Å². The first-order valence-corrected chi connectivity index (χ1v) is 7.08. The highest BCUT2D eigenvalue weighted by Crippen LogP contribution is 2.20. The largest absolute Gasteiger partial charge is 0.394 e. The standard InChI is InChI=1S/C11H16ClN3O2S/c12-10-9(15-3-7-18-11(15)14-10)8-13-2-1-5-17-6-4-16/h3,7,13,16H,1-2,4-6,8H2. The molecule has 0 atom stereocenters. The van der Waals surface area contributed by atoms with Crippen LogP contribution in [0.4, 0.5) is 0 Å². The fourth-order valence-corrected chi connectivity index (χ4v) is 2.66. The molecule has 2 rings (SSSR count). The van der Waals surface area contributed by atoms with Gasteiger partial charge in [-0.15, -0.1) is 11.3 Å². The van der Waals surface area contributed by atoms with Crippen LogP contribution in [0, 0.1) is 0 Å². The summed E-state index contributed by atoms with van der Waals surface area (Å²) in [6, 6.07) is 0. The van der Waals surface area contributed by atoms with E-state index in [4.69, 9.17) is 21.4 Å². The van der Waals surface area contributed by atoms with Crippen molar-refractivity contribution in [3.8, 4) is 0 Å². The van der Waals surface area contributed by atoms with Crippen LogP contribution >= 0.6 is 22.9 Å². The Hall–Kier alpha value is -0.660. The molecule has 0 aliphatic carbocycles. The Morgan fingerprint density at radius 1 is 1.50 bits per heavy atom. The number of fused-ring (bicyclic) bond motifs is 1. The molecule has 0 saturated heterocycles. The van der Waals surface area contributed by atoms with Gasteiger partial charge in [0, 0.05) is 24.7 Å². The van der Waals surface area contributed by atoms with E-state index in [2.05, 4.69) is 10.3 Å². The lowest BCUT2D eigenvalue weighted by Crippen LogP contribution is -2.17. The van der Waals surface area contributed by atoms with Crippen LogP contribution in [0.2, 0.25) is 5.15 Å². The predicted molar refractivity (Wildman–Crippen MR) is 72.3 cm³/mol. The molecule has 0 bridgehead atoms. The van der Waals surface area contributed by atoms with Gasteiger partial charge in [0.05, 0.1) is 18.9 Å². The minimum absolute atomic E-state index is 0.0784. The van der Waals surface area contributed by atoms with E-state index in [1.807, 2.05) is 16.0 Å². The zero-order valence-corrected chi connectivity index (χ0v) is 11.5. The number of hydrogen-bond acceptors (Lipinski definition) is 5. The number of aliphatic hydroxyl groups is 1. The van der Waals surface area contributed by atoms with Crippen molar-refractivity contribution in [1.82, 2.24) is 14.7 Å². The minimum Gasteiger partial charge on any atom is -0.394 e. The topological polar surface area (TPSA) is 58.8 Å². The Morgan fingerprint density at radius 3 is 3.22 bits per heavy atom. The van der Waals surface area contributed by atoms with Crippen molar-refractivity contribution in [3.63, 3.8) is 0 Å². The lowest BCUT2D eigenvalue weighted by molar-refractivity contribution is 0.0907. The molecule has 0 unspecified atom stereocenters. The summed E-state index contributed by atoms with van der Waals surface area (Å²) in [4.78, 5) is 5.19. The highest BCUT2D eigenvalue weighted by molar-refractivity contribution is 7.15. The van der Waals surface area contributed by atoms with E-state index in [1.165, 1.54) is 0 Å². The van der Waals surface area contributed by atoms with E-state index in [-0.39, 0.29) is 6.61 Å². The third-order valence-corrected chi connectivity index (χ3v) is 3.54. The van der Waals surface area contributed by atoms with Crippen molar-refractivity contribution >= 4 is 27.9 Å². The molecule has 18 heavy (non-hydrogen) atoms. The molecular weight excluding hydrogens is 274 g/mol. The van der Waals surface area contributed by atoms with Crippen molar-refractivity contribution in [3.05, 3.63) is 22.4 Å². The van der Waals surface area contributed by atoms with Gasteiger partial charge in [0.1, 0.15) is 0 Å². The van der Waals surface area contributed by atoms with Gasteiger partial charge in [0.2, 0.25) is 0 Å². The molecule has 2 aromatic heterocycles. The summed E-state index contributed by atoms with van der Waals surface area (Å²) in [7, 11) is 0. The molecule has 0 fully saturated rings. The highest BCUT2D eigenvalue weighted by Gasteiger charge is 2.10. The molecule has 0 spiro atoms. The average Bonchev–Trinajstić information content (AvgIpc) is 2.90. The SMILES string of the molecule is OCCOCCCNCc1c(Cl)nc2sccn12. The van der Waals surface area contributed by atoms with Crippen LogP contribution in [0.5, 0.6) is 0 Å². The Balaban J connectivity index is 1.73. The van der Waals surface area contributed by atoms with Crippen molar-refractivity contribution in [2.24, 2.45) is 0 Å². The summed E-state index contributed by atoms with van der Waals surface area (Å²) in [5.74, 6) is 0. The predicted octanol–water partition coefficient (Wildman–Crippen LogP) is 1.54. The van der Waals surface area contributed by atoms with E-state index >= 15 is 0 Å². The first-order valence-electron chi connectivity index (χ1n) is 5.82. The van der Waals surface area contributed by atoms with Crippen LogP contribution < -0.4 is 5.32 Å². The lowest BCUT2D eigenvalue weighted by atomic mass is 10.4. The minimum atomic E-state index is 0.0784. The van der Waals surface area contributed by atoms with Crippen LogP contribution in [0.3, 0.4) is 0 Å². The van der Waals surface area contributed by atoms with E-state index in [0.29, 0.717) is 24.9 Å². The lowest BCUT2D eigenvalue weighted by Gasteiger charge is -2.05. The summed E-state index contributed by atoms with van der Waals surface area (Å²) in [6.45, 7) is 2.68. The molecule has 0 amide bonds. The van der Waals surface area contributed by atoms with E-state index < -0.39 is 0 Å². The summed E-state index contributed by atoms with van der Waals surface area (Å²) in [5.41, 5.74) is 0.990. The second-order valence-corrected chi connectivity index (χ2v) is 5.00. The van der Waals surface area contributed by atoms with E-state index in [0.717, 1.165) is 23.6 Å². The molecule has 0 aromatic carbocycles. The average molecular weight is 290 g/mol. The number of thiazole rings is 1. The van der Waals surface area contributed by atoms with Gasteiger partial charge in [-0.05, 0) is 13.0 Å². The quantitative estimate of drug-likeness (QED) is 0.724. The van der Waals surface area contributed by atoms with Gasteiger partial charge in [0.25, 0.3) is 0 Å². The molecule has 0 saturated carbocycles. The number of halogens is 1. The first-order chi connectivity index (χ1) is 8.83. The van der Waals surface area contributed by atoms with Crippen molar-refractivity contribution in [2.45, 2.75) is 13.0 Å². The van der Waals surface area contributed by atoms with Crippen LogP contribution in [-0.4, -0.2) is 40.9 Å². The number of nitrogens with zero attached hydrogens (tertiary/aromatic N) is 2. The Bertz CT molecular complexity index is 486. The summed E-state index contributed by atoms with van der Waals surface area (Å²) < 4.78 is 7.17. The second-order valence-electron chi connectivity index (χ2n) is 3.77. The third kappa shape index (κ3) is 3.43. The fraction of sp³-hybridized carbons (Fsp3) is 0.545. The fourth-order valence-electron chi connectivity index (χ4n) is 1.64. The van der Waals surface area contributed by atoms with Gasteiger partial charge in [-0.3, -0.25) is 4.40 Å². The smallest absolute Gasteiger partial charge is 0.195 e. The third-order valence-electron chi connectivity index (χ3n) is 2.48. The van der Waals surface area contributed by atoms with Crippen LogP contribution in [0.25, 0.3) is 4.96 Å². The number of hydrogen-bond donors (Lipinski definition) is 2. The zero-order chi connectivity index (χ0) is 12.8. The maximum absolute atomic E-state index is 8.54. The molecular formula is C11H16ClN3O2S. The Labute approximate surface area is 114 Å². The number of nitrogens with one attached hydrogen (secondary N) is 1. The number of aromatic nitrogens is 2. The molecule has 2 N–H and O–H groups in total. The summed E-state index contributed by atoms with van der Waals surface area (Å²) >= 11 is 7.64. The van der Waals surface area contributed by atoms with Gasteiger partial charge in [0.15, 0.2) is 10.1 Å². The summed E-state index contributed by atoms with van der Waals surface area (Å²) in [5, 5.41) is 14.4. The Morgan fingerprint density at radius 2 is 2.39 bits per heavy atom. The van der Waals surface area contributed by atoms with Gasteiger partial charge < -0.3 is 15.2 Å². The normalized spacial score (nSPS) is 11.4. The molecule has 0 radical (unpaired) electrons. The van der Waals surface area contributed by atoms with Crippen LogP contribution in [0.1, 0.15) is 12.1 Å². The first kappa shape index (κ1) is 13.8. The van der Waals surface area contributed by atoms with Gasteiger partial charge in [-0.1, -0.05) is 11.6 Å². The highest BCUT2D eigenvalue weighted by atomic mass is 35.5. The Kier molecular flexibility index (Phi) is 5.40. The summed E-state index contributed by atoms with van der Waals surface area (Å²) in [6.07, 6.45) is 2.88. The number of ether oxygens (including phenoxy) is 1. The number of aliphatic hydroxyl groups excluding tert-OH is 1. The molecule has 2 heterocycles. The molecule has 7 heteroatoms. The second kappa shape index (κ2) is 7.06. The molecule has 0 aliphatic rings.